The summed E-state index contributed by atoms with van der Waals surface area (Å²) in [6.07, 6.45) is 0. The fraction of sp³-hybridized carbons (Fsp3) is 0.176. The van der Waals surface area contributed by atoms with Crippen molar-refractivity contribution >= 4 is 39.3 Å². The number of methoxy groups -OCH3 is 2. The van der Waals surface area contributed by atoms with E-state index < -0.39 is 26.9 Å². The summed E-state index contributed by atoms with van der Waals surface area (Å²) < 4.78 is 37.3. The second-order valence-electron chi connectivity index (χ2n) is 5.21. The first-order chi connectivity index (χ1) is 12.2. The zero-order valence-corrected chi connectivity index (χ0v) is 15.8. The minimum Gasteiger partial charge on any atom is -0.465 e. The van der Waals surface area contributed by atoms with Crippen LogP contribution in [0, 0.1) is 6.92 Å². The average Bonchev–Trinajstić information content (AvgIpc) is 2.63. The number of ether oxygens (including phenoxy) is 2. The van der Waals surface area contributed by atoms with Gasteiger partial charge in [-0.3, -0.25) is 4.72 Å². The average molecular weight is 398 g/mol. The van der Waals surface area contributed by atoms with E-state index in [-0.39, 0.29) is 16.8 Å². The summed E-state index contributed by atoms with van der Waals surface area (Å²) in [5, 5.41) is 0.377. The zero-order chi connectivity index (χ0) is 19.5. The van der Waals surface area contributed by atoms with Gasteiger partial charge in [-0.25, -0.2) is 18.0 Å². The molecule has 2 rings (SSSR count). The highest BCUT2D eigenvalue weighted by atomic mass is 35.5. The van der Waals surface area contributed by atoms with Gasteiger partial charge in [0.25, 0.3) is 10.0 Å². The number of hydrogen-bond donors (Lipinski definition) is 1. The molecule has 138 valence electrons. The van der Waals surface area contributed by atoms with Gasteiger partial charge in [0.15, 0.2) is 0 Å². The van der Waals surface area contributed by atoms with E-state index in [0.29, 0.717) is 10.6 Å². The smallest absolute Gasteiger partial charge is 0.339 e. The third-order valence-corrected chi connectivity index (χ3v) is 5.42. The molecule has 1 N–H and O–H groups in total. The van der Waals surface area contributed by atoms with Gasteiger partial charge >= 0.3 is 11.9 Å². The van der Waals surface area contributed by atoms with Crippen LogP contribution < -0.4 is 4.72 Å². The fourth-order valence-corrected chi connectivity index (χ4v) is 3.70. The van der Waals surface area contributed by atoms with E-state index in [9.17, 15) is 18.0 Å². The van der Waals surface area contributed by atoms with Crippen molar-refractivity contribution in [2.75, 3.05) is 18.9 Å². The molecule has 0 amide bonds. The SMILES string of the molecule is COC(=O)c1ccc(C(=O)OC)c(S(=O)(=O)Nc2cccc(Cl)c2C)c1. The molecule has 0 radical (unpaired) electrons. The van der Waals surface area contributed by atoms with E-state index in [1.165, 1.54) is 18.2 Å². The molecule has 7 nitrogen and oxygen atoms in total. The second-order valence-corrected chi connectivity index (χ2v) is 7.27. The van der Waals surface area contributed by atoms with E-state index in [1.54, 1.807) is 19.1 Å². The summed E-state index contributed by atoms with van der Waals surface area (Å²) in [6, 6.07) is 8.26. The lowest BCUT2D eigenvalue weighted by atomic mass is 10.1. The third-order valence-electron chi connectivity index (χ3n) is 3.61. The first kappa shape index (κ1) is 19.7. The highest BCUT2D eigenvalue weighted by Crippen LogP contribution is 2.27. The minimum absolute atomic E-state index is 0.0247. The Balaban J connectivity index is 2.60. The van der Waals surface area contributed by atoms with Crippen LogP contribution >= 0.6 is 11.6 Å². The molecule has 0 unspecified atom stereocenters. The monoisotopic (exact) mass is 397 g/mol. The Morgan fingerprint density at radius 1 is 1.04 bits per heavy atom. The molecule has 0 aliphatic carbocycles. The molecular formula is C17H16ClNO6S. The number of halogens is 1. The maximum Gasteiger partial charge on any atom is 0.339 e. The number of sulfonamides is 1. The van der Waals surface area contributed by atoms with E-state index in [1.807, 2.05) is 0 Å². The molecule has 0 aromatic heterocycles. The lowest BCUT2D eigenvalue weighted by molar-refractivity contribution is 0.0583. The van der Waals surface area contributed by atoms with Gasteiger partial charge in [-0.15, -0.1) is 0 Å². The van der Waals surface area contributed by atoms with Crippen molar-refractivity contribution in [2.45, 2.75) is 11.8 Å². The van der Waals surface area contributed by atoms with Crippen molar-refractivity contribution in [3.63, 3.8) is 0 Å². The molecule has 0 heterocycles. The number of rotatable bonds is 5. The van der Waals surface area contributed by atoms with Crippen LogP contribution in [0.15, 0.2) is 41.3 Å². The molecular weight excluding hydrogens is 382 g/mol. The molecule has 9 heteroatoms. The van der Waals surface area contributed by atoms with Gasteiger partial charge in [-0.1, -0.05) is 17.7 Å². The predicted molar refractivity (Wildman–Crippen MR) is 96.1 cm³/mol. The Morgan fingerprint density at radius 3 is 2.31 bits per heavy atom. The van der Waals surface area contributed by atoms with Gasteiger partial charge < -0.3 is 9.47 Å². The molecule has 2 aromatic carbocycles. The number of carbonyl (C=O) groups is 2. The molecule has 0 atom stereocenters. The van der Waals surface area contributed by atoms with Crippen LogP contribution in [-0.4, -0.2) is 34.6 Å². The molecule has 0 bridgehead atoms. The van der Waals surface area contributed by atoms with Crippen molar-refractivity contribution < 1.29 is 27.5 Å². The normalized spacial score (nSPS) is 10.9. The minimum atomic E-state index is -4.22. The Hall–Kier alpha value is -2.58. The van der Waals surface area contributed by atoms with Crippen molar-refractivity contribution in [1.29, 1.82) is 0 Å². The van der Waals surface area contributed by atoms with Gasteiger partial charge in [-0.2, -0.15) is 0 Å². The summed E-state index contributed by atoms with van der Waals surface area (Å²) in [5.74, 6) is -1.60. The predicted octanol–water partition coefficient (Wildman–Crippen LogP) is 3.02. The second kappa shape index (κ2) is 7.76. The van der Waals surface area contributed by atoms with Crippen molar-refractivity contribution in [3.05, 3.63) is 58.1 Å². The van der Waals surface area contributed by atoms with Crippen molar-refractivity contribution in [3.8, 4) is 0 Å². The number of benzene rings is 2. The molecule has 0 saturated heterocycles. The summed E-state index contributed by atoms with van der Waals surface area (Å²) >= 11 is 6.01. The van der Waals surface area contributed by atoms with Gasteiger partial charge in [-0.05, 0) is 42.8 Å². The maximum absolute atomic E-state index is 12.9. The van der Waals surface area contributed by atoms with Crippen LogP contribution in [-0.2, 0) is 19.5 Å². The molecule has 0 spiro atoms. The van der Waals surface area contributed by atoms with Crippen LogP contribution in [0.1, 0.15) is 26.3 Å². The van der Waals surface area contributed by atoms with Crippen LogP contribution in [0.2, 0.25) is 5.02 Å². The van der Waals surface area contributed by atoms with Crippen molar-refractivity contribution in [2.24, 2.45) is 0 Å². The summed E-state index contributed by atoms with van der Waals surface area (Å²) in [6.45, 7) is 1.65. The van der Waals surface area contributed by atoms with Crippen LogP contribution in [0.25, 0.3) is 0 Å². The lowest BCUT2D eigenvalue weighted by Gasteiger charge is -2.14. The zero-order valence-electron chi connectivity index (χ0n) is 14.2. The van der Waals surface area contributed by atoms with Gasteiger partial charge in [0.1, 0.15) is 4.90 Å². The maximum atomic E-state index is 12.9. The van der Waals surface area contributed by atoms with Crippen LogP contribution in [0.3, 0.4) is 0 Å². The largest absolute Gasteiger partial charge is 0.465 e. The van der Waals surface area contributed by atoms with Gasteiger partial charge in [0.05, 0.1) is 31.0 Å². The van der Waals surface area contributed by atoms with E-state index in [4.69, 9.17) is 11.6 Å². The Morgan fingerprint density at radius 2 is 1.69 bits per heavy atom. The first-order valence-corrected chi connectivity index (χ1v) is 9.16. The van der Waals surface area contributed by atoms with E-state index in [2.05, 4.69) is 14.2 Å². The van der Waals surface area contributed by atoms with Crippen molar-refractivity contribution in [1.82, 2.24) is 0 Å². The Bertz CT molecular complexity index is 971. The number of esters is 2. The Kier molecular flexibility index (Phi) is 5.89. The summed E-state index contributed by atoms with van der Waals surface area (Å²) in [5.41, 5.74) is 0.522. The summed E-state index contributed by atoms with van der Waals surface area (Å²) in [4.78, 5) is 23.3. The lowest BCUT2D eigenvalue weighted by Crippen LogP contribution is -2.19. The number of anilines is 1. The van der Waals surface area contributed by atoms with Crippen LogP contribution in [0.4, 0.5) is 5.69 Å². The molecule has 0 aliphatic rings. The molecule has 26 heavy (non-hydrogen) atoms. The number of carbonyl (C=O) groups excluding carboxylic acids is 2. The number of hydrogen-bond acceptors (Lipinski definition) is 6. The quantitative estimate of drug-likeness (QED) is 0.778. The first-order valence-electron chi connectivity index (χ1n) is 7.30. The highest BCUT2D eigenvalue weighted by Gasteiger charge is 2.26. The fourth-order valence-electron chi connectivity index (χ4n) is 2.19. The van der Waals surface area contributed by atoms with E-state index >= 15 is 0 Å². The van der Waals surface area contributed by atoms with Crippen LogP contribution in [0.5, 0.6) is 0 Å². The van der Waals surface area contributed by atoms with Gasteiger partial charge in [0, 0.05) is 5.02 Å². The molecule has 0 saturated carbocycles. The van der Waals surface area contributed by atoms with E-state index in [0.717, 1.165) is 20.3 Å². The number of nitrogens with one attached hydrogen (secondary N) is 1. The standard InChI is InChI=1S/C17H16ClNO6S/c1-10-13(18)5-4-6-14(10)19-26(22,23)15-9-11(16(20)24-2)7-8-12(15)17(21)25-3/h4-9,19H,1-3H3. The Labute approximate surface area is 155 Å². The molecule has 2 aromatic rings. The van der Waals surface area contributed by atoms with Gasteiger partial charge in [0.2, 0.25) is 0 Å². The molecule has 0 fully saturated rings. The highest BCUT2D eigenvalue weighted by molar-refractivity contribution is 7.92. The molecule has 0 aliphatic heterocycles. The third kappa shape index (κ3) is 3.97. The topological polar surface area (TPSA) is 98.8 Å². The summed E-state index contributed by atoms with van der Waals surface area (Å²) in [7, 11) is -1.93.